The average molecular weight is 523 g/mol. The lowest BCUT2D eigenvalue weighted by atomic mass is 9.86. The van der Waals surface area contributed by atoms with Crippen LogP contribution >= 0.6 is 34.8 Å². The fourth-order valence-electron chi connectivity index (χ4n) is 4.36. The fraction of sp³-hybridized carbons (Fsp3) is 0.440. The molecule has 1 saturated carbocycles. The Morgan fingerprint density at radius 3 is 2.41 bits per heavy atom. The zero-order valence-corrected chi connectivity index (χ0v) is 21.7. The minimum atomic E-state index is 0.393. The van der Waals surface area contributed by atoms with E-state index in [1.165, 1.54) is 0 Å². The van der Waals surface area contributed by atoms with Crippen LogP contribution in [0, 0.1) is 5.92 Å². The Bertz CT molecular complexity index is 1100. The van der Waals surface area contributed by atoms with E-state index in [-0.39, 0.29) is 0 Å². The maximum atomic E-state index is 6.16. The third-order valence-electron chi connectivity index (χ3n) is 6.11. The van der Waals surface area contributed by atoms with Gasteiger partial charge in [-0.1, -0.05) is 46.9 Å². The van der Waals surface area contributed by atoms with E-state index in [1.807, 2.05) is 37.2 Å². The predicted molar refractivity (Wildman–Crippen MR) is 143 cm³/mol. The molecule has 0 atom stereocenters. The molecule has 1 aliphatic rings. The van der Waals surface area contributed by atoms with Crippen molar-refractivity contribution in [2.45, 2.75) is 31.7 Å². The predicted octanol–water partition coefficient (Wildman–Crippen LogP) is 6.30. The summed E-state index contributed by atoms with van der Waals surface area (Å²) in [5.74, 6) is 2.78. The minimum Gasteiger partial charge on any atom is -0.489 e. The Labute approximate surface area is 216 Å². The first-order chi connectivity index (χ1) is 16.4. The van der Waals surface area contributed by atoms with Crippen molar-refractivity contribution in [3.8, 4) is 5.75 Å². The van der Waals surface area contributed by atoms with Gasteiger partial charge in [0.2, 0.25) is 5.95 Å². The lowest BCUT2D eigenvalue weighted by molar-refractivity contribution is 0.289. The summed E-state index contributed by atoms with van der Waals surface area (Å²) in [6.07, 6.45) is 4.53. The molecular formula is C25H30Cl3N5O. The summed E-state index contributed by atoms with van der Waals surface area (Å²) >= 11 is 18.3. The highest BCUT2D eigenvalue weighted by atomic mass is 35.5. The van der Waals surface area contributed by atoms with Crippen LogP contribution in [0.3, 0.4) is 0 Å². The zero-order chi connectivity index (χ0) is 24.1. The molecule has 34 heavy (non-hydrogen) atoms. The molecule has 1 aliphatic carbocycles. The number of benzene rings is 2. The Balaban J connectivity index is 1.21. The number of hydrogen-bond acceptors (Lipinski definition) is 6. The SMILES string of the molecule is CN(C)c1nc(NC2CCC(CNCCOc3c(Cl)cc(Cl)cc3Cl)CC2)nc2ccccc12. The lowest BCUT2D eigenvalue weighted by Crippen LogP contribution is -2.33. The third kappa shape index (κ3) is 6.36. The van der Waals surface area contributed by atoms with Gasteiger partial charge < -0.3 is 20.3 Å². The quantitative estimate of drug-likeness (QED) is 0.322. The Kier molecular flexibility index (Phi) is 8.59. The van der Waals surface area contributed by atoms with Crippen LogP contribution in [-0.4, -0.2) is 49.8 Å². The van der Waals surface area contributed by atoms with E-state index < -0.39 is 0 Å². The average Bonchev–Trinajstić information content (AvgIpc) is 2.80. The second-order valence-corrected chi connectivity index (χ2v) is 10.1. The van der Waals surface area contributed by atoms with Gasteiger partial charge in [0.25, 0.3) is 0 Å². The largest absolute Gasteiger partial charge is 0.489 e. The van der Waals surface area contributed by atoms with Crippen LogP contribution in [0.2, 0.25) is 15.1 Å². The second-order valence-electron chi connectivity index (χ2n) is 8.90. The van der Waals surface area contributed by atoms with Crippen molar-refractivity contribution in [3.05, 3.63) is 51.5 Å². The van der Waals surface area contributed by atoms with Crippen LogP contribution in [0.25, 0.3) is 10.9 Å². The molecular weight excluding hydrogens is 493 g/mol. The highest BCUT2D eigenvalue weighted by Crippen LogP contribution is 2.35. The molecule has 6 nitrogen and oxygen atoms in total. The number of anilines is 2. The van der Waals surface area contributed by atoms with Crippen molar-refractivity contribution in [1.82, 2.24) is 15.3 Å². The van der Waals surface area contributed by atoms with Gasteiger partial charge in [-0.3, -0.25) is 0 Å². The van der Waals surface area contributed by atoms with E-state index >= 15 is 0 Å². The normalized spacial score (nSPS) is 18.1. The van der Waals surface area contributed by atoms with Crippen molar-refractivity contribution in [3.63, 3.8) is 0 Å². The van der Waals surface area contributed by atoms with Crippen molar-refractivity contribution in [1.29, 1.82) is 0 Å². The molecule has 0 saturated heterocycles. The molecule has 1 aromatic heterocycles. The summed E-state index contributed by atoms with van der Waals surface area (Å²) in [6.45, 7) is 2.19. The van der Waals surface area contributed by atoms with E-state index in [9.17, 15) is 0 Å². The smallest absolute Gasteiger partial charge is 0.225 e. The lowest BCUT2D eigenvalue weighted by Gasteiger charge is -2.29. The summed E-state index contributed by atoms with van der Waals surface area (Å²) in [6, 6.07) is 11.8. The topological polar surface area (TPSA) is 62.3 Å². The molecule has 1 heterocycles. The fourth-order valence-corrected chi connectivity index (χ4v) is 5.28. The molecule has 182 valence electrons. The maximum absolute atomic E-state index is 6.16. The Hall–Kier alpha value is -1.99. The summed E-state index contributed by atoms with van der Waals surface area (Å²) in [4.78, 5) is 11.6. The summed E-state index contributed by atoms with van der Waals surface area (Å²) in [5.41, 5.74) is 0.963. The van der Waals surface area contributed by atoms with Crippen molar-refractivity contribution in [2.24, 2.45) is 5.92 Å². The molecule has 0 amide bonds. The molecule has 0 bridgehead atoms. The van der Waals surface area contributed by atoms with Crippen LogP contribution in [0.5, 0.6) is 5.75 Å². The first-order valence-electron chi connectivity index (χ1n) is 11.6. The van der Waals surface area contributed by atoms with Crippen LogP contribution in [0.15, 0.2) is 36.4 Å². The van der Waals surface area contributed by atoms with Crippen molar-refractivity contribution < 1.29 is 4.74 Å². The monoisotopic (exact) mass is 521 g/mol. The molecule has 2 N–H and O–H groups in total. The number of para-hydroxylation sites is 1. The molecule has 9 heteroatoms. The van der Waals surface area contributed by atoms with Gasteiger partial charge >= 0.3 is 0 Å². The van der Waals surface area contributed by atoms with Crippen LogP contribution in [0.1, 0.15) is 25.7 Å². The summed E-state index contributed by atoms with van der Waals surface area (Å²) in [7, 11) is 4.03. The number of hydrogen-bond donors (Lipinski definition) is 2. The first kappa shape index (κ1) is 25.1. The van der Waals surface area contributed by atoms with E-state index in [0.717, 1.165) is 55.5 Å². The summed E-state index contributed by atoms with van der Waals surface area (Å²) < 4.78 is 5.74. The zero-order valence-electron chi connectivity index (χ0n) is 19.5. The van der Waals surface area contributed by atoms with Crippen LogP contribution in [-0.2, 0) is 0 Å². The number of nitrogens with one attached hydrogen (secondary N) is 2. The number of halogens is 3. The number of nitrogens with zero attached hydrogens (tertiary/aromatic N) is 3. The highest BCUT2D eigenvalue weighted by Gasteiger charge is 2.22. The molecule has 0 spiro atoms. The molecule has 2 aromatic carbocycles. The summed E-state index contributed by atoms with van der Waals surface area (Å²) in [5, 5.41) is 9.48. The van der Waals surface area contributed by atoms with Crippen LogP contribution < -0.4 is 20.3 Å². The maximum Gasteiger partial charge on any atom is 0.225 e. The number of rotatable bonds is 9. The van der Waals surface area contributed by atoms with Crippen LogP contribution in [0.4, 0.5) is 11.8 Å². The van der Waals surface area contributed by atoms with E-state index in [1.54, 1.807) is 12.1 Å². The highest BCUT2D eigenvalue weighted by molar-refractivity contribution is 6.40. The van der Waals surface area contributed by atoms with E-state index in [0.29, 0.717) is 45.3 Å². The van der Waals surface area contributed by atoms with Gasteiger partial charge in [-0.15, -0.1) is 0 Å². The van der Waals surface area contributed by atoms with Gasteiger partial charge in [0.15, 0.2) is 5.75 Å². The van der Waals surface area contributed by atoms with Gasteiger partial charge in [-0.2, -0.15) is 4.98 Å². The third-order valence-corrected chi connectivity index (χ3v) is 6.89. The Morgan fingerprint density at radius 1 is 1.00 bits per heavy atom. The molecule has 0 radical (unpaired) electrons. The van der Waals surface area contributed by atoms with Crippen molar-refractivity contribution in [2.75, 3.05) is 44.0 Å². The van der Waals surface area contributed by atoms with Gasteiger partial charge in [0.05, 0.1) is 15.6 Å². The molecule has 1 fully saturated rings. The van der Waals surface area contributed by atoms with Gasteiger partial charge in [-0.05, 0) is 62.4 Å². The minimum absolute atomic E-state index is 0.393. The van der Waals surface area contributed by atoms with E-state index in [4.69, 9.17) is 49.5 Å². The molecule has 3 aromatic rings. The van der Waals surface area contributed by atoms with Gasteiger partial charge in [0, 0.05) is 37.1 Å². The molecule has 0 unspecified atom stereocenters. The number of ether oxygens (including phenoxy) is 1. The van der Waals surface area contributed by atoms with Crippen molar-refractivity contribution >= 4 is 57.5 Å². The first-order valence-corrected chi connectivity index (χ1v) is 12.7. The molecule has 4 rings (SSSR count). The molecule has 0 aliphatic heterocycles. The van der Waals surface area contributed by atoms with E-state index in [2.05, 4.69) is 16.7 Å². The number of fused-ring (bicyclic) bond motifs is 1. The second kappa shape index (κ2) is 11.6. The standard InChI is InChI=1S/C25H30Cl3N5O/c1-33(2)24-19-5-3-4-6-22(19)31-25(32-24)30-18-9-7-16(8-10-18)15-29-11-12-34-23-20(27)13-17(26)14-21(23)28/h3-6,13-14,16,18,29H,7-12,15H2,1-2H3,(H,30,31,32). The number of aromatic nitrogens is 2. The van der Waals surface area contributed by atoms with Gasteiger partial charge in [0.1, 0.15) is 12.4 Å². The Morgan fingerprint density at radius 2 is 1.71 bits per heavy atom. The van der Waals surface area contributed by atoms with Gasteiger partial charge in [-0.25, -0.2) is 4.98 Å².